The fraction of sp³-hybridized carbons (Fsp3) is 0.625. The first-order chi connectivity index (χ1) is 11.7. The summed E-state index contributed by atoms with van der Waals surface area (Å²) in [5.41, 5.74) is 1.77. The van der Waals surface area contributed by atoms with E-state index in [0.717, 1.165) is 49.7 Å². The molecule has 1 N–H and O–H groups in total. The maximum atomic E-state index is 12.0. The Labute approximate surface area is 140 Å². The molecule has 0 spiro atoms. The molecule has 0 aliphatic carbocycles. The lowest BCUT2D eigenvalue weighted by Gasteiger charge is -2.22. The highest BCUT2D eigenvalue weighted by Crippen LogP contribution is 2.35. The Kier molecular flexibility index (Phi) is 3.74. The van der Waals surface area contributed by atoms with Gasteiger partial charge in [-0.1, -0.05) is 0 Å². The number of carbonyl (C=O) groups excluding carboxylic acids is 1. The highest BCUT2D eigenvalue weighted by Gasteiger charge is 2.42. The number of nitrogens with one attached hydrogen (secondary N) is 1. The first kappa shape index (κ1) is 15.2. The van der Waals surface area contributed by atoms with Crippen molar-refractivity contribution in [2.75, 3.05) is 37.6 Å². The lowest BCUT2D eigenvalue weighted by molar-refractivity contribution is 0.206. The maximum absolute atomic E-state index is 12.0. The van der Waals surface area contributed by atoms with Gasteiger partial charge in [-0.05, 0) is 13.8 Å². The molecule has 2 saturated heterocycles. The van der Waals surface area contributed by atoms with Gasteiger partial charge >= 0.3 is 6.03 Å². The molecule has 4 heterocycles. The summed E-state index contributed by atoms with van der Waals surface area (Å²) >= 11 is 0. The normalized spacial score (nSPS) is 23.1. The Morgan fingerprint density at radius 2 is 1.92 bits per heavy atom. The molecule has 8 nitrogen and oxygen atoms in total. The van der Waals surface area contributed by atoms with E-state index < -0.39 is 0 Å². The lowest BCUT2D eigenvalue weighted by Crippen LogP contribution is -2.40. The minimum Gasteiger partial charge on any atom is -0.354 e. The van der Waals surface area contributed by atoms with Gasteiger partial charge in [-0.3, -0.25) is 0 Å². The van der Waals surface area contributed by atoms with E-state index in [1.165, 1.54) is 0 Å². The van der Waals surface area contributed by atoms with Crippen LogP contribution in [0, 0.1) is 11.8 Å². The van der Waals surface area contributed by atoms with Gasteiger partial charge < -0.3 is 19.7 Å². The summed E-state index contributed by atoms with van der Waals surface area (Å²) < 4.78 is 2.04. The number of urea groups is 1. The molecule has 2 fully saturated rings. The second kappa shape index (κ2) is 5.92. The highest BCUT2D eigenvalue weighted by molar-refractivity contribution is 5.83. The number of fused-ring (bicyclic) bond motifs is 2. The number of hydrogen-bond acceptors (Lipinski definition) is 5. The smallest absolute Gasteiger partial charge is 0.317 e. The first-order valence-electron chi connectivity index (χ1n) is 8.64. The summed E-state index contributed by atoms with van der Waals surface area (Å²) in [7, 11) is 0. The van der Waals surface area contributed by atoms with Gasteiger partial charge in [0.05, 0.1) is 6.33 Å². The monoisotopic (exact) mass is 329 g/mol. The van der Waals surface area contributed by atoms with Crippen LogP contribution in [-0.2, 0) is 6.54 Å². The van der Waals surface area contributed by atoms with Crippen molar-refractivity contribution in [1.29, 1.82) is 0 Å². The molecule has 128 valence electrons. The molecule has 2 aliphatic rings. The summed E-state index contributed by atoms with van der Waals surface area (Å²) in [6, 6.07) is 0.0598. The van der Waals surface area contributed by atoms with E-state index in [-0.39, 0.29) is 6.03 Å². The molecule has 2 unspecified atom stereocenters. The van der Waals surface area contributed by atoms with Crippen LogP contribution in [0.2, 0.25) is 0 Å². The minimum absolute atomic E-state index is 0.0598. The second-order valence-corrected chi connectivity index (χ2v) is 6.57. The van der Waals surface area contributed by atoms with Crippen molar-refractivity contribution in [1.82, 2.24) is 29.7 Å². The van der Waals surface area contributed by atoms with Crippen molar-refractivity contribution in [2.45, 2.75) is 20.4 Å². The molecule has 8 heteroatoms. The van der Waals surface area contributed by atoms with Crippen molar-refractivity contribution in [2.24, 2.45) is 11.8 Å². The zero-order valence-corrected chi connectivity index (χ0v) is 14.1. The van der Waals surface area contributed by atoms with Crippen LogP contribution in [0.5, 0.6) is 0 Å². The lowest BCUT2D eigenvalue weighted by atomic mass is 10.0. The molecular weight excluding hydrogens is 306 g/mol. The minimum atomic E-state index is 0.0598. The molecule has 0 saturated carbocycles. The highest BCUT2D eigenvalue weighted by atomic mass is 16.2. The number of likely N-dealkylation sites (tertiary alicyclic amines) is 1. The van der Waals surface area contributed by atoms with Crippen LogP contribution in [-0.4, -0.2) is 63.2 Å². The molecule has 24 heavy (non-hydrogen) atoms. The van der Waals surface area contributed by atoms with Gasteiger partial charge in [-0.2, -0.15) is 0 Å². The third kappa shape index (κ3) is 2.37. The van der Waals surface area contributed by atoms with Gasteiger partial charge in [-0.15, -0.1) is 0 Å². The van der Waals surface area contributed by atoms with E-state index in [2.05, 4.69) is 32.1 Å². The molecule has 2 aromatic heterocycles. The summed E-state index contributed by atoms with van der Waals surface area (Å²) in [5, 5.41) is 2.89. The van der Waals surface area contributed by atoms with Crippen molar-refractivity contribution < 1.29 is 4.79 Å². The number of imidazole rings is 1. The summed E-state index contributed by atoms with van der Waals surface area (Å²) in [6.45, 7) is 9.05. The Hall–Kier alpha value is -2.38. The number of amides is 2. The Morgan fingerprint density at radius 1 is 1.17 bits per heavy atom. The predicted molar refractivity (Wildman–Crippen MR) is 90.8 cm³/mol. The third-order valence-electron chi connectivity index (χ3n) is 5.12. The second-order valence-electron chi connectivity index (χ2n) is 6.57. The van der Waals surface area contributed by atoms with E-state index in [1.54, 1.807) is 6.33 Å². The van der Waals surface area contributed by atoms with Crippen molar-refractivity contribution in [3.8, 4) is 0 Å². The first-order valence-corrected chi connectivity index (χ1v) is 8.64. The molecule has 4 rings (SSSR count). The molecule has 0 aromatic carbocycles. The molecule has 0 radical (unpaired) electrons. The zero-order valence-electron chi connectivity index (χ0n) is 14.1. The number of carbonyl (C=O) groups is 1. The topological polar surface area (TPSA) is 79.2 Å². The average molecular weight is 329 g/mol. The third-order valence-corrected chi connectivity index (χ3v) is 5.12. The van der Waals surface area contributed by atoms with Crippen LogP contribution in [0.3, 0.4) is 0 Å². The van der Waals surface area contributed by atoms with Crippen molar-refractivity contribution in [3.63, 3.8) is 0 Å². The number of anilines is 1. The van der Waals surface area contributed by atoms with Gasteiger partial charge in [0, 0.05) is 51.1 Å². The molecule has 2 aromatic rings. The molecule has 2 atom stereocenters. The van der Waals surface area contributed by atoms with Crippen LogP contribution in [0.25, 0.3) is 11.2 Å². The Bertz CT molecular complexity index is 744. The zero-order chi connectivity index (χ0) is 16.7. The largest absolute Gasteiger partial charge is 0.354 e. The Balaban J connectivity index is 1.52. The van der Waals surface area contributed by atoms with Crippen LogP contribution in [0.4, 0.5) is 10.6 Å². The number of aryl methyl sites for hydroxylation is 1. The van der Waals surface area contributed by atoms with Crippen LogP contribution in [0.15, 0.2) is 12.7 Å². The molecule has 0 bridgehead atoms. The van der Waals surface area contributed by atoms with Crippen LogP contribution < -0.4 is 10.2 Å². The van der Waals surface area contributed by atoms with Gasteiger partial charge in [0.1, 0.15) is 6.33 Å². The number of rotatable bonds is 3. The number of hydrogen-bond donors (Lipinski definition) is 1. The summed E-state index contributed by atoms with van der Waals surface area (Å²) in [6.07, 6.45) is 3.46. The predicted octanol–water partition coefficient (Wildman–Crippen LogP) is 0.944. The standard InChI is InChI=1S/C16H23N7O/c1-3-17-16(24)23-7-11-5-22(6-12(11)8-23)15-13-14(18-9-19-15)21(4-2)10-20-13/h9-12H,3-8H2,1-2H3,(H,17,24). The van der Waals surface area contributed by atoms with Crippen LogP contribution >= 0.6 is 0 Å². The van der Waals surface area contributed by atoms with Crippen molar-refractivity contribution in [3.05, 3.63) is 12.7 Å². The van der Waals surface area contributed by atoms with E-state index in [1.807, 2.05) is 22.7 Å². The van der Waals surface area contributed by atoms with E-state index in [9.17, 15) is 4.79 Å². The van der Waals surface area contributed by atoms with E-state index in [0.29, 0.717) is 18.4 Å². The van der Waals surface area contributed by atoms with Crippen LogP contribution in [0.1, 0.15) is 13.8 Å². The van der Waals surface area contributed by atoms with E-state index >= 15 is 0 Å². The fourth-order valence-corrected chi connectivity index (χ4v) is 3.93. The molecule has 2 amide bonds. The summed E-state index contributed by atoms with van der Waals surface area (Å²) in [5.74, 6) is 1.93. The van der Waals surface area contributed by atoms with Crippen molar-refractivity contribution >= 4 is 23.0 Å². The van der Waals surface area contributed by atoms with E-state index in [4.69, 9.17) is 0 Å². The fourth-order valence-electron chi connectivity index (χ4n) is 3.93. The average Bonchev–Trinajstić information content (AvgIpc) is 3.26. The number of aromatic nitrogens is 4. The quantitative estimate of drug-likeness (QED) is 0.907. The summed E-state index contributed by atoms with van der Waals surface area (Å²) in [4.78, 5) is 29.6. The number of nitrogens with zero attached hydrogens (tertiary/aromatic N) is 6. The van der Waals surface area contributed by atoms with Gasteiger partial charge in [0.2, 0.25) is 0 Å². The van der Waals surface area contributed by atoms with Gasteiger partial charge in [-0.25, -0.2) is 19.7 Å². The van der Waals surface area contributed by atoms with Gasteiger partial charge in [0.15, 0.2) is 17.0 Å². The Morgan fingerprint density at radius 3 is 2.58 bits per heavy atom. The maximum Gasteiger partial charge on any atom is 0.317 e. The molecular formula is C16H23N7O. The van der Waals surface area contributed by atoms with Gasteiger partial charge in [0.25, 0.3) is 0 Å². The SMILES string of the molecule is CCNC(=O)N1CC2CN(c3ncnc4c3ncn4CC)CC2C1. The molecule has 2 aliphatic heterocycles.